The second-order valence-corrected chi connectivity index (χ2v) is 6.95. The van der Waals surface area contributed by atoms with Gasteiger partial charge in [-0.1, -0.05) is 0 Å². The Hall–Kier alpha value is -1.40. The third-order valence-electron chi connectivity index (χ3n) is 4.29. The number of carbonyl (C=O) groups excluding carboxylic acids is 2. The monoisotopic (exact) mass is 308 g/mol. The van der Waals surface area contributed by atoms with Crippen LogP contribution in [-0.2, 0) is 9.53 Å². The number of nitrogens with zero attached hydrogens (tertiary/aromatic N) is 1. The minimum absolute atomic E-state index is 0.0582. The van der Waals surface area contributed by atoms with E-state index in [9.17, 15) is 9.59 Å². The first-order valence-corrected chi connectivity index (χ1v) is 8.13. The Balaban J connectivity index is 1.73. The van der Waals surface area contributed by atoms with Gasteiger partial charge in [0.2, 0.25) is 5.91 Å². The SMILES string of the molecule is Cc1cc(C(=O)N2CC[C@H]3C(=O)NCCO[C@H]3C2)sc1C. The number of carbonyl (C=O) groups is 2. The average molecular weight is 308 g/mol. The normalized spacial score (nSPS) is 26.0. The van der Waals surface area contributed by atoms with Crippen LogP contribution in [0.5, 0.6) is 0 Å². The number of amides is 2. The van der Waals surface area contributed by atoms with Gasteiger partial charge < -0.3 is 15.0 Å². The fourth-order valence-corrected chi connectivity index (χ4v) is 3.92. The quantitative estimate of drug-likeness (QED) is 0.852. The predicted molar refractivity (Wildman–Crippen MR) is 80.6 cm³/mol. The maximum Gasteiger partial charge on any atom is 0.264 e. The van der Waals surface area contributed by atoms with Crippen molar-refractivity contribution in [3.8, 4) is 0 Å². The number of aryl methyl sites for hydroxylation is 2. The van der Waals surface area contributed by atoms with E-state index in [1.54, 1.807) is 0 Å². The number of piperidine rings is 1. The van der Waals surface area contributed by atoms with Crippen LogP contribution in [0.1, 0.15) is 26.5 Å². The minimum atomic E-state index is -0.174. The molecule has 0 unspecified atom stereocenters. The van der Waals surface area contributed by atoms with Gasteiger partial charge in [-0.25, -0.2) is 0 Å². The maximum absolute atomic E-state index is 12.6. The summed E-state index contributed by atoms with van der Waals surface area (Å²) in [5.74, 6) is -0.00123. The summed E-state index contributed by atoms with van der Waals surface area (Å²) in [6.07, 6.45) is 0.498. The average Bonchev–Trinajstić information content (AvgIpc) is 2.70. The van der Waals surface area contributed by atoms with Crippen molar-refractivity contribution in [3.63, 3.8) is 0 Å². The van der Waals surface area contributed by atoms with Gasteiger partial charge >= 0.3 is 0 Å². The van der Waals surface area contributed by atoms with Crippen LogP contribution < -0.4 is 5.32 Å². The molecule has 2 fully saturated rings. The molecule has 5 nitrogen and oxygen atoms in total. The van der Waals surface area contributed by atoms with Crippen LogP contribution in [-0.4, -0.2) is 49.1 Å². The number of hydrogen-bond donors (Lipinski definition) is 1. The van der Waals surface area contributed by atoms with Gasteiger partial charge in [0.05, 0.1) is 23.5 Å². The van der Waals surface area contributed by atoms with Crippen LogP contribution in [0, 0.1) is 19.8 Å². The highest BCUT2D eigenvalue weighted by Gasteiger charge is 2.38. The molecule has 0 saturated carbocycles. The van der Waals surface area contributed by atoms with E-state index in [0.717, 1.165) is 10.4 Å². The van der Waals surface area contributed by atoms with E-state index in [-0.39, 0.29) is 23.8 Å². The molecular weight excluding hydrogens is 288 g/mol. The summed E-state index contributed by atoms with van der Waals surface area (Å²) in [7, 11) is 0. The summed E-state index contributed by atoms with van der Waals surface area (Å²) < 4.78 is 5.75. The van der Waals surface area contributed by atoms with E-state index in [1.807, 2.05) is 24.8 Å². The predicted octanol–water partition coefficient (Wildman–Crippen LogP) is 1.34. The summed E-state index contributed by atoms with van der Waals surface area (Å²) >= 11 is 1.54. The lowest BCUT2D eigenvalue weighted by Crippen LogP contribution is -2.50. The van der Waals surface area contributed by atoms with Crippen molar-refractivity contribution in [2.45, 2.75) is 26.4 Å². The molecule has 3 heterocycles. The molecule has 0 radical (unpaired) electrons. The van der Waals surface area contributed by atoms with Gasteiger partial charge in [0.1, 0.15) is 0 Å². The zero-order valence-corrected chi connectivity index (χ0v) is 13.2. The Morgan fingerprint density at radius 3 is 3.00 bits per heavy atom. The summed E-state index contributed by atoms with van der Waals surface area (Å²) in [6, 6.07) is 1.95. The molecule has 2 saturated heterocycles. The van der Waals surface area contributed by atoms with Gasteiger partial charge in [-0.05, 0) is 31.9 Å². The molecule has 0 aliphatic carbocycles. The van der Waals surface area contributed by atoms with Gasteiger partial charge in [0.25, 0.3) is 5.91 Å². The lowest BCUT2D eigenvalue weighted by atomic mass is 9.93. The highest BCUT2D eigenvalue weighted by Crippen LogP contribution is 2.26. The second kappa shape index (κ2) is 5.77. The van der Waals surface area contributed by atoms with Crippen LogP contribution in [0.15, 0.2) is 6.07 Å². The topological polar surface area (TPSA) is 58.6 Å². The molecule has 2 aliphatic rings. The molecule has 2 amide bonds. The van der Waals surface area contributed by atoms with Gasteiger partial charge in [0, 0.05) is 24.5 Å². The van der Waals surface area contributed by atoms with Crippen molar-refractivity contribution in [2.24, 2.45) is 5.92 Å². The first kappa shape index (κ1) is 14.5. The number of nitrogens with one attached hydrogen (secondary N) is 1. The summed E-state index contributed by atoms with van der Waals surface area (Å²) in [6.45, 7) is 6.25. The largest absolute Gasteiger partial charge is 0.374 e. The van der Waals surface area contributed by atoms with Crippen molar-refractivity contribution >= 4 is 23.2 Å². The third-order valence-corrected chi connectivity index (χ3v) is 5.43. The highest BCUT2D eigenvalue weighted by molar-refractivity contribution is 7.14. The Bertz CT molecular complexity index is 550. The van der Waals surface area contributed by atoms with E-state index in [1.165, 1.54) is 16.2 Å². The molecular formula is C15H20N2O3S. The highest BCUT2D eigenvalue weighted by atomic mass is 32.1. The van der Waals surface area contributed by atoms with Crippen molar-refractivity contribution in [1.82, 2.24) is 10.2 Å². The second-order valence-electron chi connectivity index (χ2n) is 5.70. The fourth-order valence-electron chi connectivity index (χ4n) is 2.92. The molecule has 114 valence electrons. The van der Waals surface area contributed by atoms with E-state index in [4.69, 9.17) is 4.74 Å². The number of rotatable bonds is 1. The standard InChI is InChI=1S/C15H20N2O3S/c1-9-7-13(21-10(9)2)15(19)17-5-3-11-12(8-17)20-6-4-16-14(11)18/h7,11-12H,3-6,8H2,1-2H3,(H,16,18)/t11-,12+/m1/s1. The molecule has 1 aromatic rings. The summed E-state index contributed by atoms with van der Waals surface area (Å²) in [5.41, 5.74) is 1.16. The molecule has 1 N–H and O–H groups in total. The zero-order valence-electron chi connectivity index (χ0n) is 12.3. The molecule has 2 aliphatic heterocycles. The lowest BCUT2D eigenvalue weighted by molar-refractivity contribution is -0.129. The minimum Gasteiger partial charge on any atom is -0.374 e. The molecule has 3 rings (SSSR count). The number of likely N-dealkylation sites (tertiary alicyclic amines) is 1. The van der Waals surface area contributed by atoms with Gasteiger partial charge in [0.15, 0.2) is 0 Å². The van der Waals surface area contributed by atoms with Crippen molar-refractivity contribution < 1.29 is 14.3 Å². The van der Waals surface area contributed by atoms with Crippen molar-refractivity contribution in [2.75, 3.05) is 26.2 Å². The maximum atomic E-state index is 12.6. The molecule has 0 aromatic carbocycles. The van der Waals surface area contributed by atoms with Gasteiger partial charge in [-0.15, -0.1) is 11.3 Å². The number of hydrogen-bond acceptors (Lipinski definition) is 4. The number of fused-ring (bicyclic) bond motifs is 1. The zero-order chi connectivity index (χ0) is 15.0. The Kier molecular flexibility index (Phi) is 3.99. The number of thiophene rings is 1. The van der Waals surface area contributed by atoms with E-state index in [2.05, 4.69) is 5.32 Å². The Labute approximate surface area is 128 Å². The molecule has 1 aromatic heterocycles. The Morgan fingerprint density at radius 1 is 1.48 bits per heavy atom. The van der Waals surface area contributed by atoms with E-state index < -0.39 is 0 Å². The third kappa shape index (κ3) is 2.82. The van der Waals surface area contributed by atoms with Crippen molar-refractivity contribution in [1.29, 1.82) is 0 Å². The van der Waals surface area contributed by atoms with Gasteiger partial charge in [-0.2, -0.15) is 0 Å². The number of ether oxygens (including phenoxy) is 1. The molecule has 0 bridgehead atoms. The Morgan fingerprint density at radius 2 is 2.29 bits per heavy atom. The molecule has 2 atom stereocenters. The van der Waals surface area contributed by atoms with Crippen LogP contribution in [0.2, 0.25) is 0 Å². The summed E-state index contributed by atoms with van der Waals surface area (Å²) in [4.78, 5) is 28.3. The smallest absolute Gasteiger partial charge is 0.264 e. The van der Waals surface area contributed by atoms with Crippen LogP contribution in [0.25, 0.3) is 0 Å². The van der Waals surface area contributed by atoms with E-state index >= 15 is 0 Å². The molecule has 21 heavy (non-hydrogen) atoms. The van der Waals surface area contributed by atoms with E-state index in [0.29, 0.717) is 32.7 Å². The van der Waals surface area contributed by atoms with Crippen LogP contribution >= 0.6 is 11.3 Å². The first-order valence-electron chi connectivity index (χ1n) is 7.32. The van der Waals surface area contributed by atoms with Crippen LogP contribution in [0.3, 0.4) is 0 Å². The van der Waals surface area contributed by atoms with Crippen LogP contribution in [0.4, 0.5) is 0 Å². The van der Waals surface area contributed by atoms with Crippen molar-refractivity contribution in [3.05, 3.63) is 21.4 Å². The fraction of sp³-hybridized carbons (Fsp3) is 0.600. The lowest BCUT2D eigenvalue weighted by Gasteiger charge is -2.36. The molecule has 6 heteroatoms. The summed E-state index contributed by atoms with van der Waals surface area (Å²) in [5, 5.41) is 2.86. The first-order chi connectivity index (χ1) is 10.1. The van der Waals surface area contributed by atoms with Gasteiger partial charge in [-0.3, -0.25) is 9.59 Å². The molecule has 0 spiro atoms.